The average molecular weight is 272 g/mol. The van der Waals surface area contributed by atoms with Gasteiger partial charge in [0.25, 0.3) is 0 Å². The molecule has 0 spiro atoms. The van der Waals surface area contributed by atoms with Crippen molar-refractivity contribution in [3.63, 3.8) is 0 Å². The van der Waals surface area contributed by atoms with Crippen molar-refractivity contribution in [2.45, 2.75) is 44.3 Å². The molecule has 1 saturated heterocycles. The molecule has 2 bridgehead atoms. The minimum atomic E-state index is -1.17. The Labute approximate surface area is 112 Å². The van der Waals surface area contributed by atoms with Crippen LogP contribution in [0, 0.1) is 5.92 Å². The smallest absolute Gasteiger partial charge is 0.302 e. The largest absolute Gasteiger partial charge is 0.466 e. The molecule has 3 unspecified atom stereocenters. The van der Waals surface area contributed by atoms with Crippen LogP contribution in [0.1, 0.15) is 33.1 Å². The summed E-state index contributed by atoms with van der Waals surface area (Å²) >= 11 is 0. The first-order valence-corrected chi connectivity index (χ1v) is 6.53. The topological polar surface area (TPSA) is 82.1 Å². The summed E-state index contributed by atoms with van der Waals surface area (Å²) in [5, 5.41) is 10.8. The molecule has 2 rings (SSSR count). The molecule has 0 amide bonds. The Morgan fingerprint density at radius 3 is 2.53 bits per heavy atom. The highest BCUT2D eigenvalue weighted by molar-refractivity contribution is 5.66. The fraction of sp³-hybridized carbons (Fsp3) is 0.846. The van der Waals surface area contributed by atoms with Crippen LogP contribution in [0.2, 0.25) is 0 Å². The summed E-state index contributed by atoms with van der Waals surface area (Å²) in [6, 6.07) is 0. The molecule has 0 aromatic rings. The number of ether oxygens (including phenoxy) is 3. The molecule has 19 heavy (non-hydrogen) atoms. The lowest BCUT2D eigenvalue weighted by Gasteiger charge is -2.37. The summed E-state index contributed by atoms with van der Waals surface area (Å²) in [5.41, 5.74) is -1.93. The zero-order valence-corrected chi connectivity index (χ0v) is 11.3. The maximum atomic E-state index is 10.9. The number of rotatable bonds is 5. The van der Waals surface area contributed by atoms with E-state index in [1.807, 2.05) is 0 Å². The van der Waals surface area contributed by atoms with Crippen LogP contribution in [0.25, 0.3) is 0 Å². The number of carbonyl (C=O) groups excluding carboxylic acids is 2. The molecule has 0 aromatic carbocycles. The van der Waals surface area contributed by atoms with E-state index in [-0.39, 0.29) is 25.1 Å². The van der Waals surface area contributed by atoms with Gasteiger partial charge in [-0.3, -0.25) is 9.59 Å². The summed E-state index contributed by atoms with van der Waals surface area (Å²) in [7, 11) is 0. The molecule has 1 aliphatic heterocycles. The van der Waals surface area contributed by atoms with E-state index in [1.165, 1.54) is 13.8 Å². The fourth-order valence-electron chi connectivity index (χ4n) is 3.15. The molecule has 2 aliphatic rings. The van der Waals surface area contributed by atoms with E-state index in [0.717, 1.165) is 6.42 Å². The fourth-order valence-corrected chi connectivity index (χ4v) is 3.15. The molecule has 2 fully saturated rings. The molecule has 1 saturated carbocycles. The highest BCUT2D eigenvalue weighted by Gasteiger charge is 2.65. The normalized spacial score (nSPS) is 36.3. The number of aliphatic hydroxyl groups is 1. The van der Waals surface area contributed by atoms with Crippen molar-refractivity contribution < 1.29 is 28.9 Å². The van der Waals surface area contributed by atoms with Gasteiger partial charge in [-0.2, -0.15) is 0 Å². The van der Waals surface area contributed by atoms with Crippen molar-refractivity contribution >= 4 is 11.9 Å². The third-order valence-electron chi connectivity index (χ3n) is 4.23. The van der Waals surface area contributed by atoms with Crippen LogP contribution in [-0.2, 0) is 23.8 Å². The van der Waals surface area contributed by atoms with E-state index in [0.29, 0.717) is 19.4 Å². The van der Waals surface area contributed by atoms with Crippen LogP contribution in [0.5, 0.6) is 0 Å². The molecule has 108 valence electrons. The van der Waals surface area contributed by atoms with Crippen LogP contribution < -0.4 is 0 Å². The van der Waals surface area contributed by atoms with Gasteiger partial charge in [0.1, 0.15) is 17.8 Å². The van der Waals surface area contributed by atoms with E-state index < -0.39 is 17.2 Å². The van der Waals surface area contributed by atoms with E-state index in [4.69, 9.17) is 14.2 Å². The van der Waals surface area contributed by atoms with Gasteiger partial charge in [0.2, 0.25) is 0 Å². The lowest BCUT2D eigenvalue weighted by atomic mass is 9.82. The first-order chi connectivity index (χ1) is 8.90. The average Bonchev–Trinajstić information content (AvgIpc) is 2.75. The highest BCUT2D eigenvalue weighted by atomic mass is 16.6. The van der Waals surface area contributed by atoms with Gasteiger partial charge in [-0.05, 0) is 12.8 Å². The number of esters is 2. The Kier molecular flexibility index (Phi) is 3.82. The van der Waals surface area contributed by atoms with Gasteiger partial charge >= 0.3 is 11.9 Å². The van der Waals surface area contributed by atoms with Crippen molar-refractivity contribution in [2.24, 2.45) is 5.92 Å². The molecule has 3 atom stereocenters. The molecule has 0 radical (unpaired) electrons. The van der Waals surface area contributed by atoms with Crippen molar-refractivity contribution in [1.82, 2.24) is 0 Å². The summed E-state index contributed by atoms with van der Waals surface area (Å²) < 4.78 is 15.7. The number of carbonyl (C=O) groups is 2. The van der Waals surface area contributed by atoms with Gasteiger partial charge in [0.15, 0.2) is 0 Å². The van der Waals surface area contributed by atoms with Crippen LogP contribution in [0.4, 0.5) is 0 Å². The molecule has 1 heterocycles. The minimum absolute atomic E-state index is 0.0239. The molecule has 1 aliphatic carbocycles. The third kappa shape index (κ3) is 2.47. The van der Waals surface area contributed by atoms with Crippen LogP contribution in [0.15, 0.2) is 0 Å². The second kappa shape index (κ2) is 5.09. The maximum absolute atomic E-state index is 10.9. The number of fused-ring (bicyclic) bond motifs is 2. The van der Waals surface area contributed by atoms with Gasteiger partial charge in [-0.25, -0.2) is 0 Å². The molecule has 6 nitrogen and oxygen atoms in total. The van der Waals surface area contributed by atoms with Crippen molar-refractivity contribution in [2.75, 3.05) is 19.8 Å². The number of hydrogen-bond donors (Lipinski definition) is 1. The summed E-state index contributed by atoms with van der Waals surface area (Å²) in [4.78, 5) is 21.7. The molecule has 1 N–H and O–H groups in total. The lowest BCUT2D eigenvalue weighted by molar-refractivity contribution is -0.170. The second-order valence-corrected chi connectivity index (χ2v) is 5.34. The summed E-state index contributed by atoms with van der Waals surface area (Å²) in [6.07, 6.45) is 1.94. The molecular formula is C13H20O6. The minimum Gasteiger partial charge on any atom is -0.466 e. The Bertz CT molecular complexity index is 371. The van der Waals surface area contributed by atoms with Gasteiger partial charge < -0.3 is 19.3 Å². The highest BCUT2D eigenvalue weighted by Crippen LogP contribution is 2.54. The zero-order chi connectivity index (χ0) is 14.1. The predicted molar refractivity (Wildman–Crippen MR) is 64.2 cm³/mol. The first kappa shape index (κ1) is 14.3. The van der Waals surface area contributed by atoms with Crippen molar-refractivity contribution in [3.8, 4) is 0 Å². The third-order valence-corrected chi connectivity index (χ3v) is 4.23. The van der Waals surface area contributed by atoms with E-state index in [9.17, 15) is 14.7 Å². The van der Waals surface area contributed by atoms with Gasteiger partial charge in [0.05, 0.1) is 13.2 Å². The van der Waals surface area contributed by atoms with Gasteiger partial charge in [-0.15, -0.1) is 0 Å². The van der Waals surface area contributed by atoms with Crippen molar-refractivity contribution in [1.29, 1.82) is 0 Å². The first-order valence-electron chi connectivity index (χ1n) is 6.53. The predicted octanol–water partition coefficient (Wildman–Crippen LogP) is 0.413. The van der Waals surface area contributed by atoms with Crippen molar-refractivity contribution in [3.05, 3.63) is 0 Å². The second-order valence-electron chi connectivity index (χ2n) is 5.34. The summed E-state index contributed by atoms with van der Waals surface area (Å²) in [6.45, 7) is 3.25. The quantitative estimate of drug-likeness (QED) is 0.730. The Morgan fingerprint density at radius 2 is 2.00 bits per heavy atom. The van der Waals surface area contributed by atoms with Crippen LogP contribution >= 0.6 is 0 Å². The van der Waals surface area contributed by atoms with E-state index in [2.05, 4.69) is 0 Å². The van der Waals surface area contributed by atoms with Crippen LogP contribution in [-0.4, -0.2) is 48.1 Å². The Balaban J connectivity index is 2.04. The van der Waals surface area contributed by atoms with Crippen LogP contribution in [0.3, 0.4) is 0 Å². The van der Waals surface area contributed by atoms with Gasteiger partial charge in [0, 0.05) is 26.2 Å². The Morgan fingerprint density at radius 1 is 1.32 bits per heavy atom. The van der Waals surface area contributed by atoms with E-state index >= 15 is 0 Å². The van der Waals surface area contributed by atoms with E-state index in [1.54, 1.807) is 0 Å². The molecule has 6 heteroatoms. The number of hydrogen-bond acceptors (Lipinski definition) is 6. The Hall–Kier alpha value is -1.14. The monoisotopic (exact) mass is 272 g/mol. The lowest BCUT2D eigenvalue weighted by Crippen LogP contribution is -2.53. The maximum Gasteiger partial charge on any atom is 0.302 e. The van der Waals surface area contributed by atoms with Gasteiger partial charge in [-0.1, -0.05) is 0 Å². The standard InChI is InChI=1S/C13H20O6/c1-9(14)17-6-5-12-4-3-11(7-19-12)13(12,16)8-18-10(2)15/h11,16H,3-8H2,1-2H3. The molecular weight excluding hydrogens is 252 g/mol. The summed E-state index contributed by atoms with van der Waals surface area (Å²) in [5.74, 6) is -0.800. The SMILES string of the molecule is CC(=O)OCCC12CCC(CO1)C2(O)COC(C)=O. The molecule has 0 aromatic heterocycles. The zero-order valence-electron chi connectivity index (χ0n) is 11.3.